The molecule has 2 aliphatic rings. The van der Waals surface area contributed by atoms with E-state index in [1.54, 1.807) is 0 Å². The number of nitrogens with two attached hydrogens (primary N) is 1. The van der Waals surface area contributed by atoms with E-state index in [9.17, 15) is 0 Å². The zero-order chi connectivity index (χ0) is 10.3. The second-order valence-electron chi connectivity index (χ2n) is 4.68. The zero-order valence-corrected chi connectivity index (χ0v) is 11.3. The van der Waals surface area contributed by atoms with Gasteiger partial charge in [-0.1, -0.05) is 0 Å². The first kappa shape index (κ1) is 14.8. The number of nitrogens with zero attached hydrogens (tertiary/aromatic N) is 2. The van der Waals surface area contributed by atoms with Crippen LogP contribution in [0.4, 0.5) is 0 Å². The summed E-state index contributed by atoms with van der Waals surface area (Å²) in [5.74, 6) is 0.857. The van der Waals surface area contributed by atoms with Gasteiger partial charge in [-0.2, -0.15) is 5.10 Å². The van der Waals surface area contributed by atoms with Crippen molar-refractivity contribution < 1.29 is 4.74 Å². The highest BCUT2D eigenvalue weighted by atomic mass is 35.5. The summed E-state index contributed by atoms with van der Waals surface area (Å²) < 4.78 is 7.64. The molecule has 1 saturated heterocycles. The van der Waals surface area contributed by atoms with Gasteiger partial charge in [0.2, 0.25) is 0 Å². The summed E-state index contributed by atoms with van der Waals surface area (Å²) in [6.07, 6.45) is 7.73. The number of halogens is 2. The predicted octanol–water partition coefficient (Wildman–Crippen LogP) is 1.93. The number of hydrogen-bond donors (Lipinski definition) is 1. The number of ether oxygens (including phenoxy) is 1. The monoisotopic (exact) mass is 279 g/mol. The van der Waals surface area contributed by atoms with Crippen LogP contribution in [0.15, 0.2) is 12.4 Å². The Hall–Kier alpha value is -0.290. The summed E-state index contributed by atoms with van der Waals surface area (Å²) in [5, 5.41) is 4.36. The van der Waals surface area contributed by atoms with Crippen molar-refractivity contribution in [1.29, 1.82) is 0 Å². The van der Waals surface area contributed by atoms with Crippen LogP contribution >= 0.6 is 24.8 Å². The smallest absolute Gasteiger partial charge is 0.101 e. The van der Waals surface area contributed by atoms with Crippen LogP contribution in [0.3, 0.4) is 0 Å². The van der Waals surface area contributed by atoms with Gasteiger partial charge >= 0.3 is 0 Å². The molecule has 2 fully saturated rings. The Balaban J connectivity index is 0.000000722. The Morgan fingerprint density at radius 2 is 2.12 bits per heavy atom. The van der Waals surface area contributed by atoms with Gasteiger partial charge < -0.3 is 10.5 Å². The van der Waals surface area contributed by atoms with Gasteiger partial charge in [-0.25, -0.2) is 0 Å². The molecule has 0 amide bonds. The summed E-state index contributed by atoms with van der Waals surface area (Å²) in [6, 6.07) is 0.142. The van der Waals surface area contributed by atoms with Crippen LogP contribution < -0.4 is 5.73 Å². The maximum absolute atomic E-state index is 5.97. The molecular formula is C11H19Cl2N3O. The van der Waals surface area contributed by atoms with Crippen LogP contribution in [0.1, 0.15) is 30.9 Å². The average Bonchev–Trinajstić information content (AvgIpc) is 2.74. The van der Waals surface area contributed by atoms with Crippen molar-refractivity contribution >= 4 is 24.8 Å². The van der Waals surface area contributed by atoms with E-state index in [-0.39, 0.29) is 37.0 Å². The Bertz CT molecular complexity index is 354. The minimum Gasteiger partial charge on any atom is -0.372 e. The third-order valence-corrected chi connectivity index (χ3v) is 3.26. The largest absolute Gasteiger partial charge is 0.372 e. The van der Waals surface area contributed by atoms with E-state index in [0.29, 0.717) is 0 Å². The molecule has 2 N–H and O–H groups in total. The molecule has 2 atom stereocenters. The molecule has 1 aromatic heterocycles. The van der Waals surface area contributed by atoms with E-state index < -0.39 is 0 Å². The van der Waals surface area contributed by atoms with Crippen molar-refractivity contribution in [3.63, 3.8) is 0 Å². The molecule has 0 spiro atoms. The van der Waals surface area contributed by atoms with Crippen LogP contribution in [-0.4, -0.2) is 22.4 Å². The standard InChI is InChI=1S/C11H17N3O.2ClH/c12-10-3-4-15-11(10)9-5-13-14(7-9)6-8-1-2-8;;/h5,7-8,10-11H,1-4,6,12H2;2*1H. The number of rotatable bonds is 3. The van der Waals surface area contributed by atoms with Crippen molar-refractivity contribution in [3.8, 4) is 0 Å². The van der Waals surface area contributed by atoms with Crippen LogP contribution in [0.5, 0.6) is 0 Å². The molecule has 2 heterocycles. The van der Waals surface area contributed by atoms with Gasteiger partial charge in [0.1, 0.15) is 6.10 Å². The maximum Gasteiger partial charge on any atom is 0.101 e. The zero-order valence-electron chi connectivity index (χ0n) is 9.62. The molecule has 6 heteroatoms. The molecule has 0 bridgehead atoms. The van der Waals surface area contributed by atoms with E-state index in [1.165, 1.54) is 12.8 Å². The molecule has 1 saturated carbocycles. The molecule has 98 valence electrons. The minimum atomic E-state index is 0. The third-order valence-electron chi connectivity index (χ3n) is 3.26. The van der Waals surface area contributed by atoms with Gasteiger partial charge in [0, 0.05) is 31.0 Å². The highest BCUT2D eigenvalue weighted by Gasteiger charge is 2.28. The molecule has 17 heavy (non-hydrogen) atoms. The molecule has 1 aliphatic carbocycles. The summed E-state index contributed by atoms with van der Waals surface area (Å²) in [6.45, 7) is 1.83. The van der Waals surface area contributed by atoms with Crippen molar-refractivity contribution in [2.45, 2.75) is 38.0 Å². The average molecular weight is 280 g/mol. The van der Waals surface area contributed by atoms with Crippen LogP contribution in [-0.2, 0) is 11.3 Å². The Kier molecular flexibility index (Phi) is 5.25. The lowest BCUT2D eigenvalue weighted by Gasteiger charge is -2.11. The Morgan fingerprint density at radius 3 is 2.71 bits per heavy atom. The van der Waals surface area contributed by atoms with Crippen LogP contribution in [0.2, 0.25) is 0 Å². The second kappa shape index (κ2) is 6.05. The van der Waals surface area contributed by atoms with Crippen molar-refractivity contribution in [3.05, 3.63) is 18.0 Å². The maximum atomic E-state index is 5.97. The highest BCUT2D eigenvalue weighted by molar-refractivity contribution is 5.85. The summed E-state index contributed by atoms with van der Waals surface area (Å²) >= 11 is 0. The summed E-state index contributed by atoms with van der Waals surface area (Å²) in [4.78, 5) is 0. The van der Waals surface area contributed by atoms with E-state index in [1.807, 2.05) is 10.9 Å². The molecule has 0 radical (unpaired) electrons. The first-order chi connectivity index (χ1) is 7.33. The molecule has 0 aromatic carbocycles. The summed E-state index contributed by atoms with van der Waals surface area (Å²) in [5.41, 5.74) is 7.11. The molecule has 2 unspecified atom stereocenters. The predicted molar refractivity (Wildman–Crippen MR) is 70.7 cm³/mol. The lowest BCUT2D eigenvalue weighted by atomic mass is 10.1. The lowest BCUT2D eigenvalue weighted by Crippen LogP contribution is -2.23. The van der Waals surface area contributed by atoms with Gasteiger partial charge in [0.15, 0.2) is 0 Å². The lowest BCUT2D eigenvalue weighted by molar-refractivity contribution is 0.105. The van der Waals surface area contributed by atoms with E-state index in [4.69, 9.17) is 10.5 Å². The van der Waals surface area contributed by atoms with Crippen molar-refractivity contribution in [2.75, 3.05) is 6.61 Å². The SMILES string of the molecule is Cl.Cl.NC1CCOC1c1cnn(CC2CC2)c1. The van der Waals surface area contributed by atoms with Crippen molar-refractivity contribution in [1.82, 2.24) is 9.78 Å². The molecule has 1 aliphatic heterocycles. The fraction of sp³-hybridized carbons (Fsp3) is 0.727. The normalized spacial score (nSPS) is 27.4. The topological polar surface area (TPSA) is 53.1 Å². The molecular weight excluding hydrogens is 261 g/mol. The number of aromatic nitrogens is 2. The van der Waals surface area contributed by atoms with E-state index in [0.717, 1.165) is 31.1 Å². The first-order valence-corrected chi connectivity index (χ1v) is 5.72. The van der Waals surface area contributed by atoms with Gasteiger partial charge in [-0.15, -0.1) is 24.8 Å². The molecule has 4 nitrogen and oxygen atoms in total. The Labute approximate surface area is 114 Å². The fourth-order valence-corrected chi connectivity index (χ4v) is 2.14. The van der Waals surface area contributed by atoms with Crippen LogP contribution in [0.25, 0.3) is 0 Å². The van der Waals surface area contributed by atoms with Crippen molar-refractivity contribution in [2.24, 2.45) is 11.7 Å². The third kappa shape index (κ3) is 3.35. The second-order valence-corrected chi connectivity index (χ2v) is 4.68. The van der Waals surface area contributed by atoms with Gasteiger partial charge in [0.05, 0.1) is 6.20 Å². The van der Waals surface area contributed by atoms with Crippen LogP contribution in [0, 0.1) is 5.92 Å². The Morgan fingerprint density at radius 1 is 1.35 bits per heavy atom. The summed E-state index contributed by atoms with van der Waals surface area (Å²) in [7, 11) is 0. The van der Waals surface area contributed by atoms with E-state index in [2.05, 4.69) is 11.3 Å². The van der Waals surface area contributed by atoms with E-state index >= 15 is 0 Å². The molecule has 1 aromatic rings. The van der Waals surface area contributed by atoms with Gasteiger partial charge in [0.25, 0.3) is 0 Å². The fourth-order valence-electron chi connectivity index (χ4n) is 2.14. The first-order valence-electron chi connectivity index (χ1n) is 5.72. The minimum absolute atomic E-state index is 0. The quantitative estimate of drug-likeness (QED) is 0.920. The van der Waals surface area contributed by atoms with Gasteiger partial charge in [-0.05, 0) is 25.2 Å². The number of hydrogen-bond acceptors (Lipinski definition) is 3. The molecule has 3 rings (SSSR count). The highest BCUT2D eigenvalue weighted by Crippen LogP contribution is 2.31. The van der Waals surface area contributed by atoms with Gasteiger partial charge in [-0.3, -0.25) is 4.68 Å².